The van der Waals surface area contributed by atoms with Gasteiger partial charge in [0.2, 0.25) is 0 Å². The van der Waals surface area contributed by atoms with Gasteiger partial charge in [0, 0.05) is 25.3 Å². The van der Waals surface area contributed by atoms with Crippen LogP contribution < -0.4 is 4.90 Å². The maximum atomic E-state index is 12.2. The van der Waals surface area contributed by atoms with Crippen LogP contribution in [0.5, 0.6) is 0 Å². The Morgan fingerprint density at radius 1 is 1.11 bits per heavy atom. The molecule has 1 atom stereocenters. The zero-order valence-electron chi connectivity index (χ0n) is 16.4. The number of piperidine rings is 1. The predicted molar refractivity (Wildman–Crippen MR) is 109 cm³/mol. The largest absolute Gasteiger partial charge is 0.444 e. The first kappa shape index (κ1) is 19.0. The summed E-state index contributed by atoms with van der Waals surface area (Å²) in [5, 5.41) is 11.0. The number of anilines is 1. The number of ether oxygens (including phenoxy) is 1. The molecule has 148 valence electrons. The monoisotopic (exact) mass is 380 g/mol. The van der Waals surface area contributed by atoms with Crippen molar-refractivity contribution in [1.29, 1.82) is 0 Å². The van der Waals surface area contributed by atoms with E-state index in [0.29, 0.717) is 6.54 Å². The van der Waals surface area contributed by atoms with Gasteiger partial charge in [-0.3, -0.25) is 4.90 Å². The van der Waals surface area contributed by atoms with E-state index in [1.807, 2.05) is 61.5 Å². The first-order chi connectivity index (χ1) is 13.5. The molecule has 5 nitrogen and oxygen atoms in total. The molecular weight excluding hydrogens is 352 g/mol. The topological polar surface area (TPSA) is 53.0 Å². The lowest BCUT2D eigenvalue weighted by molar-refractivity contribution is -0.0275. The fraction of sp³-hybridized carbons (Fsp3) is 0.435. The third kappa shape index (κ3) is 4.05. The Hall–Kier alpha value is -2.37. The second-order valence-corrected chi connectivity index (χ2v) is 7.98. The molecule has 2 aromatic rings. The number of benzene rings is 2. The molecule has 2 aliphatic rings. The summed E-state index contributed by atoms with van der Waals surface area (Å²) < 4.78 is 5.58. The minimum atomic E-state index is -0.723. The summed E-state index contributed by atoms with van der Waals surface area (Å²) in [7, 11) is 0. The van der Waals surface area contributed by atoms with E-state index in [2.05, 4.69) is 4.90 Å². The Morgan fingerprint density at radius 3 is 2.57 bits per heavy atom. The van der Waals surface area contributed by atoms with Gasteiger partial charge in [0.1, 0.15) is 6.10 Å². The van der Waals surface area contributed by atoms with E-state index in [9.17, 15) is 9.90 Å². The molecule has 1 amide bonds. The zero-order valence-corrected chi connectivity index (χ0v) is 16.4. The average molecular weight is 380 g/mol. The number of rotatable bonds is 5. The molecule has 0 spiro atoms. The fourth-order valence-electron chi connectivity index (χ4n) is 4.19. The number of hydrogen-bond acceptors (Lipinski definition) is 4. The van der Waals surface area contributed by atoms with Gasteiger partial charge in [-0.2, -0.15) is 0 Å². The standard InChI is InChI=1S/C23H28N2O3/c1-18-6-5-9-20(16-18)25-17-21(28-22(25)26)10-13-24-14-11-23(27,12-15-24)19-7-3-2-4-8-19/h2-9,16,21,27H,10-15,17H2,1H3. The summed E-state index contributed by atoms with van der Waals surface area (Å²) in [4.78, 5) is 16.3. The van der Waals surface area contributed by atoms with Crippen LogP contribution in [0.15, 0.2) is 54.6 Å². The van der Waals surface area contributed by atoms with Gasteiger partial charge in [-0.1, -0.05) is 42.5 Å². The van der Waals surface area contributed by atoms with E-state index in [4.69, 9.17) is 4.74 Å². The number of amides is 1. The van der Waals surface area contributed by atoms with E-state index >= 15 is 0 Å². The maximum absolute atomic E-state index is 12.2. The highest BCUT2D eigenvalue weighted by Gasteiger charge is 2.35. The van der Waals surface area contributed by atoms with Crippen LogP contribution in [0, 0.1) is 6.92 Å². The van der Waals surface area contributed by atoms with Crippen LogP contribution >= 0.6 is 0 Å². The Kier molecular flexibility index (Phi) is 5.38. The van der Waals surface area contributed by atoms with Gasteiger partial charge in [-0.05, 0) is 49.4 Å². The summed E-state index contributed by atoms with van der Waals surface area (Å²) >= 11 is 0. The fourth-order valence-corrected chi connectivity index (χ4v) is 4.19. The van der Waals surface area contributed by atoms with Crippen molar-refractivity contribution in [2.24, 2.45) is 0 Å². The van der Waals surface area contributed by atoms with Crippen molar-refractivity contribution >= 4 is 11.8 Å². The van der Waals surface area contributed by atoms with Gasteiger partial charge < -0.3 is 14.7 Å². The van der Waals surface area contributed by atoms with Crippen molar-refractivity contribution in [2.45, 2.75) is 37.9 Å². The summed E-state index contributed by atoms with van der Waals surface area (Å²) in [5.74, 6) is 0. The summed E-state index contributed by atoms with van der Waals surface area (Å²) in [5.41, 5.74) is 2.32. The van der Waals surface area contributed by atoms with E-state index in [-0.39, 0.29) is 12.2 Å². The minimum Gasteiger partial charge on any atom is -0.444 e. The van der Waals surface area contributed by atoms with Gasteiger partial charge in [0.15, 0.2) is 0 Å². The number of carbonyl (C=O) groups excluding carboxylic acids is 1. The molecule has 0 saturated carbocycles. The highest BCUT2D eigenvalue weighted by Crippen LogP contribution is 2.33. The van der Waals surface area contributed by atoms with Crippen LogP contribution in [-0.2, 0) is 10.3 Å². The molecule has 4 rings (SSSR count). The lowest BCUT2D eigenvalue weighted by atomic mass is 9.84. The van der Waals surface area contributed by atoms with Crippen LogP contribution in [0.2, 0.25) is 0 Å². The predicted octanol–water partition coefficient (Wildman–Crippen LogP) is 3.69. The highest BCUT2D eigenvalue weighted by atomic mass is 16.6. The molecule has 1 unspecified atom stereocenters. The first-order valence-corrected chi connectivity index (χ1v) is 10.1. The number of cyclic esters (lactones) is 1. The van der Waals surface area contributed by atoms with E-state index in [1.165, 1.54) is 0 Å². The summed E-state index contributed by atoms with van der Waals surface area (Å²) in [6.45, 7) is 5.21. The van der Waals surface area contributed by atoms with Crippen LogP contribution in [0.25, 0.3) is 0 Å². The van der Waals surface area contributed by atoms with Crippen molar-refractivity contribution in [3.8, 4) is 0 Å². The summed E-state index contributed by atoms with van der Waals surface area (Å²) in [6.07, 6.45) is 1.95. The average Bonchev–Trinajstić information content (AvgIpc) is 3.09. The second kappa shape index (κ2) is 7.94. The van der Waals surface area contributed by atoms with Crippen LogP contribution in [0.1, 0.15) is 30.4 Å². The number of nitrogens with zero attached hydrogens (tertiary/aromatic N) is 2. The molecular formula is C23H28N2O3. The molecule has 5 heteroatoms. The van der Waals surface area contributed by atoms with Crippen LogP contribution in [0.3, 0.4) is 0 Å². The van der Waals surface area contributed by atoms with E-state index in [1.54, 1.807) is 4.90 Å². The third-order valence-corrected chi connectivity index (χ3v) is 5.95. The molecule has 2 aliphatic heterocycles. The van der Waals surface area contributed by atoms with Gasteiger partial charge in [-0.25, -0.2) is 4.79 Å². The normalized spacial score (nSPS) is 22.3. The van der Waals surface area contributed by atoms with Gasteiger partial charge in [0.05, 0.1) is 12.1 Å². The lowest BCUT2D eigenvalue weighted by Crippen LogP contribution is -2.43. The smallest absolute Gasteiger partial charge is 0.414 e. The number of carbonyl (C=O) groups is 1. The van der Waals surface area contributed by atoms with Crippen molar-refractivity contribution in [3.05, 3.63) is 65.7 Å². The highest BCUT2D eigenvalue weighted by molar-refractivity contribution is 5.89. The Balaban J connectivity index is 1.28. The molecule has 2 fully saturated rings. The minimum absolute atomic E-state index is 0.0806. The molecule has 0 bridgehead atoms. The van der Waals surface area contributed by atoms with E-state index < -0.39 is 5.60 Å². The zero-order chi connectivity index (χ0) is 19.6. The Labute approximate surface area is 166 Å². The number of aliphatic hydroxyl groups is 1. The molecule has 2 heterocycles. The van der Waals surface area contributed by atoms with Crippen molar-refractivity contribution < 1.29 is 14.6 Å². The quantitative estimate of drug-likeness (QED) is 0.859. The first-order valence-electron chi connectivity index (χ1n) is 10.1. The molecule has 0 aliphatic carbocycles. The number of aryl methyl sites for hydroxylation is 1. The Bertz CT molecular complexity index is 816. The SMILES string of the molecule is Cc1cccc(N2CC(CCN3CCC(O)(c4ccccc4)CC3)OC2=O)c1. The van der Waals surface area contributed by atoms with Crippen molar-refractivity contribution in [2.75, 3.05) is 31.1 Å². The third-order valence-electron chi connectivity index (χ3n) is 5.95. The molecule has 2 saturated heterocycles. The van der Waals surface area contributed by atoms with Crippen molar-refractivity contribution in [1.82, 2.24) is 4.90 Å². The maximum Gasteiger partial charge on any atom is 0.414 e. The van der Waals surface area contributed by atoms with Crippen LogP contribution in [-0.4, -0.2) is 48.4 Å². The second-order valence-electron chi connectivity index (χ2n) is 7.98. The molecule has 0 radical (unpaired) electrons. The van der Waals surface area contributed by atoms with E-state index in [0.717, 1.165) is 55.7 Å². The number of likely N-dealkylation sites (tertiary alicyclic amines) is 1. The molecule has 0 aromatic heterocycles. The molecule has 28 heavy (non-hydrogen) atoms. The van der Waals surface area contributed by atoms with Gasteiger partial charge >= 0.3 is 6.09 Å². The van der Waals surface area contributed by atoms with Crippen molar-refractivity contribution in [3.63, 3.8) is 0 Å². The summed E-state index contributed by atoms with van der Waals surface area (Å²) in [6, 6.07) is 17.9. The molecule has 2 aromatic carbocycles. The number of hydrogen-bond donors (Lipinski definition) is 1. The molecule has 1 N–H and O–H groups in total. The van der Waals surface area contributed by atoms with Gasteiger partial charge in [0.25, 0.3) is 0 Å². The Morgan fingerprint density at radius 2 is 1.86 bits per heavy atom. The van der Waals surface area contributed by atoms with Crippen LogP contribution in [0.4, 0.5) is 10.5 Å². The van der Waals surface area contributed by atoms with Gasteiger partial charge in [-0.15, -0.1) is 0 Å². The lowest BCUT2D eigenvalue weighted by Gasteiger charge is -2.38.